The molecule has 0 aliphatic carbocycles. The first-order chi connectivity index (χ1) is 8.72. The van der Waals surface area contributed by atoms with Crippen molar-refractivity contribution in [2.75, 3.05) is 13.7 Å². The van der Waals surface area contributed by atoms with E-state index in [1.807, 2.05) is 19.1 Å². The van der Waals surface area contributed by atoms with Gasteiger partial charge in [-0.3, -0.25) is 4.79 Å². The van der Waals surface area contributed by atoms with Crippen molar-refractivity contribution in [2.45, 2.75) is 39.2 Å². The van der Waals surface area contributed by atoms with Gasteiger partial charge < -0.3 is 9.47 Å². The van der Waals surface area contributed by atoms with Crippen molar-refractivity contribution in [1.29, 1.82) is 0 Å². The van der Waals surface area contributed by atoms with Gasteiger partial charge in [0.25, 0.3) is 0 Å². The van der Waals surface area contributed by atoms with E-state index in [2.05, 4.69) is 6.92 Å². The predicted molar refractivity (Wildman–Crippen MR) is 72.3 cm³/mol. The van der Waals surface area contributed by atoms with Crippen LogP contribution < -0.4 is 4.74 Å². The molecule has 0 spiro atoms. The fraction of sp³-hybridized carbons (Fsp3) is 0.533. The summed E-state index contributed by atoms with van der Waals surface area (Å²) in [5.41, 5.74) is 0.680. The Balaban J connectivity index is 2.68. The highest BCUT2D eigenvalue weighted by atomic mass is 16.5. The van der Waals surface area contributed by atoms with Crippen molar-refractivity contribution in [2.24, 2.45) is 0 Å². The maximum absolute atomic E-state index is 12.1. The Morgan fingerprint density at radius 1 is 1.17 bits per heavy atom. The van der Waals surface area contributed by atoms with Crippen LogP contribution in [0.4, 0.5) is 0 Å². The van der Waals surface area contributed by atoms with E-state index in [1.165, 1.54) is 0 Å². The minimum atomic E-state index is -0.336. The Bertz CT molecular complexity index is 357. The molecule has 0 fully saturated rings. The van der Waals surface area contributed by atoms with E-state index < -0.39 is 0 Å². The molecule has 1 rings (SSSR count). The summed E-state index contributed by atoms with van der Waals surface area (Å²) in [4.78, 5) is 12.1. The first kappa shape index (κ1) is 14.7. The molecule has 0 bridgehead atoms. The molecule has 1 unspecified atom stereocenters. The highest BCUT2D eigenvalue weighted by Crippen LogP contribution is 2.16. The van der Waals surface area contributed by atoms with Crippen molar-refractivity contribution in [3.05, 3.63) is 29.8 Å². The van der Waals surface area contributed by atoms with E-state index in [-0.39, 0.29) is 11.9 Å². The first-order valence-electron chi connectivity index (χ1n) is 6.52. The van der Waals surface area contributed by atoms with Crippen molar-refractivity contribution in [3.63, 3.8) is 0 Å². The standard InChI is InChI=1S/C15H22O3/c1-4-6-14(17-3)15(16)12-7-9-13(10-8-12)18-11-5-2/h7-10,14H,4-6,11H2,1-3H3. The van der Waals surface area contributed by atoms with Crippen LogP contribution in [0.2, 0.25) is 0 Å². The molecule has 3 nitrogen and oxygen atoms in total. The number of rotatable bonds is 8. The van der Waals surface area contributed by atoms with Gasteiger partial charge in [-0.15, -0.1) is 0 Å². The topological polar surface area (TPSA) is 35.5 Å². The number of benzene rings is 1. The third-order valence-electron chi connectivity index (χ3n) is 2.74. The van der Waals surface area contributed by atoms with Gasteiger partial charge in [0.1, 0.15) is 11.9 Å². The second-order valence-corrected chi connectivity index (χ2v) is 4.25. The zero-order valence-electron chi connectivity index (χ0n) is 11.4. The van der Waals surface area contributed by atoms with Crippen LogP contribution in [0.1, 0.15) is 43.5 Å². The Labute approximate surface area is 109 Å². The van der Waals surface area contributed by atoms with Crippen LogP contribution in [0.25, 0.3) is 0 Å². The van der Waals surface area contributed by atoms with Crippen molar-refractivity contribution >= 4 is 5.78 Å². The van der Waals surface area contributed by atoms with Gasteiger partial charge in [0, 0.05) is 12.7 Å². The number of Topliss-reactive ketones (excluding diaryl/α,β-unsaturated/α-hetero) is 1. The van der Waals surface area contributed by atoms with Crippen LogP contribution in [0.15, 0.2) is 24.3 Å². The van der Waals surface area contributed by atoms with E-state index in [4.69, 9.17) is 9.47 Å². The molecule has 1 atom stereocenters. The lowest BCUT2D eigenvalue weighted by atomic mass is 10.0. The Kier molecular flexibility index (Phi) is 6.44. The monoisotopic (exact) mass is 250 g/mol. The minimum Gasteiger partial charge on any atom is -0.494 e. The zero-order chi connectivity index (χ0) is 13.4. The maximum Gasteiger partial charge on any atom is 0.191 e. The Hall–Kier alpha value is -1.35. The lowest BCUT2D eigenvalue weighted by Gasteiger charge is -2.13. The fourth-order valence-electron chi connectivity index (χ4n) is 1.74. The molecular weight excluding hydrogens is 228 g/mol. The Morgan fingerprint density at radius 3 is 2.33 bits per heavy atom. The van der Waals surface area contributed by atoms with E-state index in [1.54, 1.807) is 19.2 Å². The second-order valence-electron chi connectivity index (χ2n) is 4.25. The number of ketones is 1. The molecule has 18 heavy (non-hydrogen) atoms. The summed E-state index contributed by atoms with van der Waals surface area (Å²) in [6.07, 6.45) is 2.33. The normalized spacial score (nSPS) is 12.2. The fourth-order valence-corrected chi connectivity index (χ4v) is 1.74. The van der Waals surface area contributed by atoms with Gasteiger partial charge in [0.2, 0.25) is 0 Å². The Morgan fingerprint density at radius 2 is 1.83 bits per heavy atom. The van der Waals surface area contributed by atoms with Crippen molar-refractivity contribution in [3.8, 4) is 5.75 Å². The quantitative estimate of drug-likeness (QED) is 0.663. The second kappa shape index (κ2) is 7.88. The highest BCUT2D eigenvalue weighted by Gasteiger charge is 2.18. The molecule has 100 valence electrons. The van der Waals surface area contributed by atoms with Gasteiger partial charge in [-0.2, -0.15) is 0 Å². The molecule has 1 aromatic carbocycles. The largest absolute Gasteiger partial charge is 0.494 e. The molecule has 1 aromatic rings. The van der Waals surface area contributed by atoms with E-state index >= 15 is 0 Å². The molecule has 0 saturated heterocycles. The summed E-state index contributed by atoms with van der Waals surface area (Å²) >= 11 is 0. The highest BCUT2D eigenvalue weighted by molar-refractivity contribution is 5.99. The van der Waals surface area contributed by atoms with Gasteiger partial charge in [-0.1, -0.05) is 20.3 Å². The SMILES string of the molecule is CCCOc1ccc(C(=O)C(CCC)OC)cc1. The van der Waals surface area contributed by atoms with Crippen LogP contribution >= 0.6 is 0 Å². The first-order valence-corrected chi connectivity index (χ1v) is 6.52. The molecule has 0 aliphatic rings. The molecular formula is C15H22O3. The average Bonchev–Trinajstić information content (AvgIpc) is 2.42. The molecule has 0 radical (unpaired) electrons. The zero-order valence-corrected chi connectivity index (χ0v) is 11.4. The number of hydrogen-bond donors (Lipinski definition) is 0. The van der Waals surface area contributed by atoms with Crippen LogP contribution in [0, 0.1) is 0 Å². The number of hydrogen-bond acceptors (Lipinski definition) is 3. The molecule has 0 aromatic heterocycles. The van der Waals surface area contributed by atoms with Gasteiger partial charge in [0.15, 0.2) is 5.78 Å². The summed E-state index contributed by atoms with van der Waals surface area (Å²) in [5.74, 6) is 0.847. The molecule has 0 heterocycles. The lowest BCUT2D eigenvalue weighted by Crippen LogP contribution is -2.22. The van der Waals surface area contributed by atoms with E-state index in [9.17, 15) is 4.79 Å². The van der Waals surface area contributed by atoms with E-state index in [0.717, 1.165) is 25.0 Å². The van der Waals surface area contributed by atoms with Crippen LogP contribution in [0.5, 0.6) is 5.75 Å². The van der Waals surface area contributed by atoms with Gasteiger partial charge >= 0.3 is 0 Å². The summed E-state index contributed by atoms with van der Waals surface area (Å²) in [7, 11) is 1.58. The van der Waals surface area contributed by atoms with Crippen molar-refractivity contribution in [1.82, 2.24) is 0 Å². The summed E-state index contributed by atoms with van der Waals surface area (Å²) in [6.45, 7) is 4.80. The van der Waals surface area contributed by atoms with E-state index in [0.29, 0.717) is 12.2 Å². The van der Waals surface area contributed by atoms with Crippen molar-refractivity contribution < 1.29 is 14.3 Å². The molecule has 0 N–H and O–H groups in total. The van der Waals surface area contributed by atoms with Gasteiger partial charge in [-0.25, -0.2) is 0 Å². The molecule has 0 amide bonds. The number of carbonyl (C=O) groups is 1. The summed E-state index contributed by atoms with van der Waals surface area (Å²) < 4.78 is 10.7. The summed E-state index contributed by atoms with van der Waals surface area (Å²) in [6, 6.07) is 7.27. The smallest absolute Gasteiger partial charge is 0.191 e. The van der Waals surface area contributed by atoms with Crippen LogP contribution in [-0.4, -0.2) is 25.6 Å². The number of ether oxygens (including phenoxy) is 2. The predicted octanol–water partition coefficient (Wildman–Crippen LogP) is 3.47. The van der Waals surface area contributed by atoms with Crippen LogP contribution in [-0.2, 0) is 4.74 Å². The minimum absolute atomic E-state index is 0.0430. The maximum atomic E-state index is 12.1. The third-order valence-corrected chi connectivity index (χ3v) is 2.74. The third kappa shape index (κ3) is 4.15. The van der Waals surface area contributed by atoms with Gasteiger partial charge in [-0.05, 0) is 37.1 Å². The lowest BCUT2D eigenvalue weighted by molar-refractivity contribution is 0.0578. The molecule has 0 saturated carbocycles. The summed E-state index contributed by atoms with van der Waals surface area (Å²) in [5, 5.41) is 0. The number of carbonyl (C=O) groups excluding carboxylic acids is 1. The van der Waals surface area contributed by atoms with Gasteiger partial charge in [0.05, 0.1) is 6.61 Å². The number of methoxy groups -OCH3 is 1. The molecule has 3 heteroatoms. The van der Waals surface area contributed by atoms with Crippen LogP contribution in [0.3, 0.4) is 0 Å². The average molecular weight is 250 g/mol. The molecule has 0 aliphatic heterocycles.